The molecular weight excluding hydrogens is 436 g/mol. The summed E-state index contributed by atoms with van der Waals surface area (Å²) in [6, 6.07) is 9.26. The fourth-order valence-corrected chi connectivity index (χ4v) is 9.52. The van der Waals surface area contributed by atoms with Crippen molar-refractivity contribution in [3.8, 4) is 0 Å². The first-order chi connectivity index (χ1) is 16.6. The number of carbonyl (C=O) groups excluding carboxylic acids is 1. The molecule has 0 radical (unpaired) electrons. The van der Waals surface area contributed by atoms with Gasteiger partial charge in [0.25, 0.3) is 0 Å². The smallest absolute Gasteiger partial charge is 0.338 e. The molecule has 5 rings (SSSR count). The summed E-state index contributed by atoms with van der Waals surface area (Å²) in [7, 11) is 4.45. The Balaban J connectivity index is 1.40. The van der Waals surface area contributed by atoms with Crippen molar-refractivity contribution in [2.45, 2.75) is 90.0 Å². The number of aliphatic hydroxyl groups is 1. The zero-order valence-electron chi connectivity index (χ0n) is 22.3. The zero-order chi connectivity index (χ0) is 25.1. The molecule has 1 aromatic carbocycles. The molecule has 4 fully saturated rings. The molecule has 0 saturated heterocycles. The molecule has 0 bridgehead atoms. The minimum absolute atomic E-state index is 0.0492. The van der Waals surface area contributed by atoms with Gasteiger partial charge in [0.15, 0.2) is 0 Å². The Morgan fingerprint density at radius 1 is 1.03 bits per heavy atom. The lowest BCUT2D eigenvalue weighted by molar-refractivity contribution is -0.175. The Hall–Kier alpha value is -1.43. The van der Waals surface area contributed by atoms with Crippen molar-refractivity contribution >= 4 is 5.97 Å². The van der Waals surface area contributed by atoms with E-state index in [-0.39, 0.29) is 17.3 Å². The number of benzene rings is 1. The highest BCUT2D eigenvalue weighted by Gasteiger charge is 2.63. The standard InChI is InChI=1S/C30H46N2O3/c1-18(32(4)5)21-13-14-22-20-11-12-24-27(35-28(34)19-9-7-6-8-10-19)26(31)25(33)17-30(24,3)23(20)15-16-29(21,22)2/h6-10,18,20-27,33H,11-17,31H2,1-5H3/t18-,20-,21+,22-,23-,24-,25-,26-,27+,29+,30+/m0/s1. The largest absolute Gasteiger partial charge is 0.457 e. The topological polar surface area (TPSA) is 75.8 Å². The van der Waals surface area contributed by atoms with Crippen LogP contribution in [0.25, 0.3) is 0 Å². The van der Waals surface area contributed by atoms with Crippen LogP contribution in [-0.4, -0.2) is 54.4 Å². The molecule has 4 saturated carbocycles. The van der Waals surface area contributed by atoms with Crippen LogP contribution >= 0.6 is 0 Å². The van der Waals surface area contributed by atoms with Gasteiger partial charge in [-0.1, -0.05) is 32.0 Å². The number of rotatable bonds is 4. The Morgan fingerprint density at radius 3 is 2.37 bits per heavy atom. The van der Waals surface area contributed by atoms with Gasteiger partial charge in [-0.3, -0.25) is 0 Å². The minimum atomic E-state index is -0.637. The van der Waals surface area contributed by atoms with Gasteiger partial charge in [-0.15, -0.1) is 0 Å². The van der Waals surface area contributed by atoms with Gasteiger partial charge in [0, 0.05) is 12.0 Å². The van der Waals surface area contributed by atoms with Crippen LogP contribution in [0.2, 0.25) is 0 Å². The molecule has 4 aliphatic carbocycles. The Labute approximate surface area is 211 Å². The summed E-state index contributed by atoms with van der Waals surface area (Å²) < 4.78 is 6.13. The predicted octanol–water partition coefficient (Wildman–Crippen LogP) is 4.73. The van der Waals surface area contributed by atoms with E-state index in [0.29, 0.717) is 28.9 Å². The van der Waals surface area contributed by atoms with E-state index in [1.807, 2.05) is 18.2 Å². The van der Waals surface area contributed by atoms with Crippen molar-refractivity contribution in [2.24, 2.45) is 46.2 Å². The Bertz CT molecular complexity index is 921. The van der Waals surface area contributed by atoms with E-state index in [0.717, 1.165) is 24.7 Å². The van der Waals surface area contributed by atoms with Crippen molar-refractivity contribution in [1.29, 1.82) is 0 Å². The van der Waals surface area contributed by atoms with Crippen LogP contribution in [0.4, 0.5) is 0 Å². The number of hydrogen-bond acceptors (Lipinski definition) is 5. The molecule has 11 atom stereocenters. The summed E-state index contributed by atoms with van der Waals surface area (Å²) in [4.78, 5) is 15.4. The quantitative estimate of drug-likeness (QED) is 0.607. The summed E-state index contributed by atoms with van der Waals surface area (Å²) in [6.07, 6.45) is 7.01. The van der Waals surface area contributed by atoms with E-state index in [9.17, 15) is 9.90 Å². The lowest BCUT2D eigenvalue weighted by atomic mass is 9.43. The minimum Gasteiger partial charge on any atom is -0.457 e. The van der Waals surface area contributed by atoms with E-state index in [2.05, 4.69) is 39.8 Å². The molecular formula is C30H46N2O3. The Morgan fingerprint density at radius 2 is 1.69 bits per heavy atom. The van der Waals surface area contributed by atoms with Crippen LogP contribution in [0.1, 0.15) is 76.1 Å². The van der Waals surface area contributed by atoms with Crippen molar-refractivity contribution in [3.63, 3.8) is 0 Å². The number of hydrogen-bond donors (Lipinski definition) is 2. The number of fused-ring (bicyclic) bond motifs is 5. The lowest BCUT2D eigenvalue weighted by Crippen LogP contribution is -2.65. The molecule has 0 heterocycles. The summed E-state index contributed by atoms with van der Waals surface area (Å²) in [5.41, 5.74) is 7.44. The highest BCUT2D eigenvalue weighted by Crippen LogP contribution is 2.68. The van der Waals surface area contributed by atoms with E-state index in [1.165, 1.54) is 32.1 Å². The third-order valence-electron chi connectivity index (χ3n) is 11.5. The zero-order valence-corrected chi connectivity index (χ0v) is 22.3. The fraction of sp³-hybridized carbons (Fsp3) is 0.767. The molecule has 0 aromatic heterocycles. The third-order valence-corrected chi connectivity index (χ3v) is 11.5. The van der Waals surface area contributed by atoms with Gasteiger partial charge in [0.2, 0.25) is 0 Å². The van der Waals surface area contributed by atoms with E-state index in [1.54, 1.807) is 12.1 Å². The second-order valence-corrected chi connectivity index (χ2v) is 13.1. The van der Waals surface area contributed by atoms with Gasteiger partial charge >= 0.3 is 5.97 Å². The van der Waals surface area contributed by atoms with Crippen molar-refractivity contribution in [3.05, 3.63) is 35.9 Å². The Kier molecular flexibility index (Phi) is 6.59. The molecule has 0 unspecified atom stereocenters. The monoisotopic (exact) mass is 482 g/mol. The van der Waals surface area contributed by atoms with Gasteiger partial charge in [-0.05, 0) is 113 Å². The molecule has 5 nitrogen and oxygen atoms in total. The third kappa shape index (κ3) is 3.97. The maximum Gasteiger partial charge on any atom is 0.338 e. The average molecular weight is 483 g/mol. The van der Waals surface area contributed by atoms with Crippen molar-refractivity contribution in [1.82, 2.24) is 4.90 Å². The van der Waals surface area contributed by atoms with Gasteiger partial charge in [-0.2, -0.15) is 0 Å². The number of carbonyl (C=O) groups is 1. The van der Waals surface area contributed by atoms with Crippen molar-refractivity contribution in [2.75, 3.05) is 14.1 Å². The van der Waals surface area contributed by atoms with Crippen molar-refractivity contribution < 1.29 is 14.6 Å². The summed E-state index contributed by atoms with van der Waals surface area (Å²) >= 11 is 0. The second-order valence-electron chi connectivity index (χ2n) is 13.1. The van der Waals surface area contributed by atoms with Crippen LogP contribution < -0.4 is 5.73 Å². The number of ether oxygens (including phenoxy) is 1. The van der Waals surface area contributed by atoms with Gasteiger partial charge in [-0.25, -0.2) is 4.79 Å². The van der Waals surface area contributed by atoms with Gasteiger partial charge in [0.1, 0.15) is 6.10 Å². The summed E-state index contributed by atoms with van der Waals surface area (Å²) in [5, 5.41) is 11.1. The maximum atomic E-state index is 13.0. The van der Waals surface area contributed by atoms with Gasteiger partial charge in [0.05, 0.1) is 17.7 Å². The van der Waals surface area contributed by atoms with E-state index < -0.39 is 18.2 Å². The first-order valence-electron chi connectivity index (χ1n) is 13.9. The fourth-order valence-electron chi connectivity index (χ4n) is 9.52. The van der Waals surface area contributed by atoms with Crippen LogP contribution in [0, 0.1) is 40.4 Å². The normalized spacial score (nSPS) is 45.8. The number of aliphatic hydroxyl groups excluding tert-OH is 1. The molecule has 3 N–H and O–H groups in total. The first-order valence-corrected chi connectivity index (χ1v) is 13.9. The van der Waals surface area contributed by atoms with Crippen LogP contribution in [0.3, 0.4) is 0 Å². The first kappa shape index (κ1) is 25.2. The second kappa shape index (κ2) is 9.15. The van der Waals surface area contributed by atoms with E-state index in [4.69, 9.17) is 10.5 Å². The highest BCUT2D eigenvalue weighted by molar-refractivity contribution is 5.89. The molecule has 1 aromatic rings. The van der Waals surface area contributed by atoms with E-state index >= 15 is 0 Å². The van der Waals surface area contributed by atoms with Crippen LogP contribution in [-0.2, 0) is 4.74 Å². The predicted molar refractivity (Wildman–Crippen MR) is 139 cm³/mol. The summed E-state index contributed by atoms with van der Waals surface area (Å²) in [6.45, 7) is 7.37. The summed E-state index contributed by atoms with van der Waals surface area (Å²) in [5.74, 6) is 2.65. The molecule has 0 aliphatic heterocycles. The lowest BCUT2D eigenvalue weighted by Gasteiger charge is -2.63. The SMILES string of the molecule is C[C@@H]([C@H]1CC[C@H]2[C@@H]3CC[C@H]4[C@@H](OC(=O)c5ccccc5)[C@@H](N)[C@@H](O)C[C@]4(C)[C@H]3CC[C@]12C)N(C)C. The number of nitrogens with two attached hydrogens (primary N) is 1. The molecule has 0 spiro atoms. The molecule has 35 heavy (non-hydrogen) atoms. The van der Waals surface area contributed by atoms with Crippen LogP contribution in [0.5, 0.6) is 0 Å². The maximum absolute atomic E-state index is 13.0. The average Bonchev–Trinajstić information content (AvgIpc) is 3.19. The molecule has 194 valence electrons. The molecule has 0 amide bonds. The molecule has 5 heteroatoms. The van der Waals surface area contributed by atoms with Crippen LogP contribution in [0.15, 0.2) is 30.3 Å². The number of nitrogens with zero attached hydrogens (tertiary/aromatic N) is 1. The van der Waals surface area contributed by atoms with Gasteiger partial charge < -0.3 is 20.5 Å². The number of esters is 1. The highest BCUT2D eigenvalue weighted by atomic mass is 16.5. The molecule has 4 aliphatic rings.